The number of rotatable bonds is 6. The summed E-state index contributed by atoms with van der Waals surface area (Å²) in [6.45, 7) is 7.00. The molecule has 0 unspecified atom stereocenters. The number of ether oxygens (including phenoxy) is 2. The van der Waals surface area contributed by atoms with Gasteiger partial charge >= 0.3 is 6.09 Å². The summed E-state index contributed by atoms with van der Waals surface area (Å²) in [6, 6.07) is 6.54. The lowest BCUT2D eigenvalue weighted by molar-refractivity contribution is 0.0485. The quantitative estimate of drug-likeness (QED) is 0.667. The van der Waals surface area contributed by atoms with Crippen LogP contribution >= 0.6 is 0 Å². The van der Waals surface area contributed by atoms with Crippen LogP contribution in [0.5, 0.6) is 5.88 Å². The molecule has 1 fully saturated rings. The minimum atomic E-state index is -3.23. The minimum absolute atomic E-state index is 0.0579. The van der Waals surface area contributed by atoms with Gasteiger partial charge in [0.25, 0.3) is 0 Å². The molecule has 1 saturated heterocycles. The van der Waals surface area contributed by atoms with E-state index in [-0.39, 0.29) is 23.2 Å². The fourth-order valence-corrected chi connectivity index (χ4v) is 4.14. The number of hydrogen-bond acceptors (Lipinski definition) is 7. The number of sulfone groups is 1. The summed E-state index contributed by atoms with van der Waals surface area (Å²) in [5, 5.41) is 0. The standard InChI is InChI=1S/C22H29N3O5S/c1-15(2)29-22(26)25-11-9-17(10-12-25)16(3)30-21-14-23-20(13-24-21)18-5-7-19(8-6-18)31(4,27)28/h5-8,13-17H,9-12H2,1-4H3/t16-/m0/s1. The Morgan fingerprint density at radius 2 is 1.71 bits per heavy atom. The predicted molar refractivity (Wildman–Crippen MR) is 117 cm³/mol. The minimum Gasteiger partial charge on any atom is -0.473 e. The van der Waals surface area contributed by atoms with Crippen molar-refractivity contribution in [2.75, 3.05) is 19.3 Å². The lowest BCUT2D eigenvalue weighted by Gasteiger charge is -2.34. The Labute approximate surface area is 183 Å². The largest absolute Gasteiger partial charge is 0.473 e. The van der Waals surface area contributed by atoms with Crippen LogP contribution in [-0.4, -0.2) is 60.9 Å². The van der Waals surface area contributed by atoms with E-state index in [2.05, 4.69) is 9.97 Å². The van der Waals surface area contributed by atoms with Crippen LogP contribution in [0.4, 0.5) is 4.79 Å². The van der Waals surface area contributed by atoms with Crippen molar-refractivity contribution in [3.05, 3.63) is 36.7 Å². The second kappa shape index (κ2) is 9.64. The first-order valence-corrected chi connectivity index (χ1v) is 12.3. The van der Waals surface area contributed by atoms with Gasteiger partial charge in [0.15, 0.2) is 9.84 Å². The van der Waals surface area contributed by atoms with Crippen molar-refractivity contribution in [2.24, 2.45) is 5.92 Å². The highest BCUT2D eigenvalue weighted by Crippen LogP contribution is 2.25. The smallest absolute Gasteiger partial charge is 0.410 e. The van der Waals surface area contributed by atoms with Crippen molar-refractivity contribution >= 4 is 15.9 Å². The van der Waals surface area contributed by atoms with Crippen molar-refractivity contribution in [2.45, 2.75) is 50.7 Å². The van der Waals surface area contributed by atoms with E-state index in [0.717, 1.165) is 18.4 Å². The zero-order valence-corrected chi connectivity index (χ0v) is 19.1. The fourth-order valence-electron chi connectivity index (χ4n) is 3.51. The van der Waals surface area contributed by atoms with Crippen LogP contribution in [0, 0.1) is 5.92 Å². The molecule has 9 heteroatoms. The van der Waals surface area contributed by atoms with Crippen LogP contribution in [0.25, 0.3) is 11.3 Å². The topological polar surface area (TPSA) is 98.7 Å². The number of piperidine rings is 1. The van der Waals surface area contributed by atoms with Gasteiger partial charge < -0.3 is 14.4 Å². The third-order valence-corrected chi connectivity index (χ3v) is 6.44. The third kappa shape index (κ3) is 6.16. The Balaban J connectivity index is 1.55. The lowest BCUT2D eigenvalue weighted by Crippen LogP contribution is -2.42. The molecule has 0 bridgehead atoms. The third-order valence-electron chi connectivity index (χ3n) is 5.31. The zero-order valence-electron chi connectivity index (χ0n) is 18.3. The Morgan fingerprint density at radius 3 is 2.23 bits per heavy atom. The molecule has 0 N–H and O–H groups in total. The van der Waals surface area contributed by atoms with Gasteiger partial charge in [0, 0.05) is 24.9 Å². The maximum Gasteiger partial charge on any atom is 0.410 e. The van der Waals surface area contributed by atoms with Gasteiger partial charge in [-0.15, -0.1) is 0 Å². The van der Waals surface area contributed by atoms with Gasteiger partial charge in [0.1, 0.15) is 6.10 Å². The van der Waals surface area contributed by atoms with E-state index < -0.39 is 9.84 Å². The average Bonchev–Trinajstić information content (AvgIpc) is 2.73. The van der Waals surface area contributed by atoms with Crippen LogP contribution in [-0.2, 0) is 14.6 Å². The summed E-state index contributed by atoms with van der Waals surface area (Å²) in [6.07, 6.45) is 5.61. The molecule has 0 radical (unpaired) electrons. The first-order valence-electron chi connectivity index (χ1n) is 10.4. The Kier molecular flexibility index (Phi) is 7.15. The van der Waals surface area contributed by atoms with Gasteiger partial charge in [0.2, 0.25) is 5.88 Å². The molecule has 1 aromatic carbocycles. The second-order valence-corrected chi connectivity index (χ2v) is 10.1. The van der Waals surface area contributed by atoms with Crippen LogP contribution in [0.15, 0.2) is 41.6 Å². The first kappa shape index (κ1) is 23.0. The molecular formula is C22H29N3O5S. The molecule has 168 valence electrons. The van der Waals surface area contributed by atoms with E-state index in [1.54, 1.807) is 41.6 Å². The molecule has 8 nitrogen and oxygen atoms in total. The van der Waals surface area contributed by atoms with Crippen LogP contribution in [0.3, 0.4) is 0 Å². The van der Waals surface area contributed by atoms with Gasteiger partial charge in [0.05, 0.1) is 29.1 Å². The van der Waals surface area contributed by atoms with E-state index in [1.807, 2.05) is 20.8 Å². The van der Waals surface area contributed by atoms with Crippen LogP contribution < -0.4 is 4.74 Å². The molecule has 1 atom stereocenters. The van der Waals surface area contributed by atoms with Gasteiger partial charge in [-0.25, -0.2) is 23.2 Å². The SMILES string of the molecule is CC(C)OC(=O)N1CCC([C@H](C)Oc2cnc(-c3ccc(S(C)(=O)=O)cc3)cn2)CC1. The van der Waals surface area contributed by atoms with Gasteiger partial charge in [-0.3, -0.25) is 0 Å². The maximum absolute atomic E-state index is 12.0. The average molecular weight is 448 g/mol. The Hall–Kier alpha value is -2.68. The summed E-state index contributed by atoms with van der Waals surface area (Å²) in [4.78, 5) is 22.8. The number of benzene rings is 1. The van der Waals surface area contributed by atoms with Gasteiger partial charge in [-0.2, -0.15) is 0 Å². The number of carbonyl (C=O) groups is 1. The van der Waals surface area contributed by atoms with Crippen molar-refractivity contribution in [1.29, 1.82) is 0 Å². The molecule has 0 saturated carbocycles. The molecule has 31 heavy (non-hydrogen) atoms. The molecule has 1 aromatic heterocycles. The van der Waals surface area contributed by atoms with Crippen molar-refractivity contribution < 1.29 is 22.7 Å². The van der Waals surface area contributed by atoms with E-state index in [9.17, 15) is 13.2 Å². The Morgan fingerprint density at radius 1 is 1.06 bits per heavy atom. The fraction of sp³-hybridized carbons (Fsp3) is 0.500. The van der Waals surface area contributed by atoms with E-state index >= 15 is 0 Å². The molecule has 2 aromatic rings. The Bertz CT molecular complexity index is 983. The number of carbonyl (C=O) groups excluding carboxylic acids is 1. The monoisotopic (exact) mass is 447 g/mol. The number of likely N-dealkylation sites (tertiary alicyclic amines) is 1. The van der Waals surface area contributed by atoms with E-state index in [4.69, 9.17) is 9.47 Å². The van der Waals surface area contributed by atoms with Crippen molar-refractivity contribution in [3.63, 3.8) is 0 Å². The summed E-state index contributed by atoms with van der Waals surface area (Å²) in [5.41, 5.74) is 1.41. The number of nitrogens with zero attached hydrogens (tertiary/aromatic N) is 3. The highest BCUT2D eigenvalue weighted by molar-refractivity contribution is 7.90. The van der Waals surface area contributed by atoms with E-state index in [1.165, 1.54) is 6.26 Å². The highest BCUT2D eigenvalue weighted by atomic mass is 32.2. The molecule has 3 rings (SSSR count). The molecular weight excluding hydrogens is 418 g/mol. The van der Waals surface area contributed by atoms with Crippen LogP contribution in [0.2, 0.25) is 0 Å². The molecule has 0 spiro atoms. The lowest BCUT2D eigenvalue weighted by atomic mass is 9.92. The summed E-state index contributed by atoms with van der Waals surface area (Å²) >= 11 is 0. The number of amides is 1. The first-order chi connectivity index (χ1) is 14.6. The molecule has 1 aliphatic rings. The van der Waals surface area contributed by atoms with Crippen molar-refractivity contribution in [3.8, 4) is 17.1 Å². The normalized spacial score (nSPS) is 16.2. The number of hydrogen-bond donors (Lipinski definition) is 0. The summed E-state index contributed by atoms with van der Waals surface area (Å²) in [5.74, 6) is 0.749. The van der Waals surface area contributed by atoms with Gasteiger partial charge in [-0.1, -0.05) is 12.1 Å². The molecule has 1 aliphatic heterocycles. The molecule has 1 amide bonds. The maximum atomic E-state index is 12.0. The zero-order chi connectivity index (χ0) is 22.6. The summed E-state index contributed by atoms with van der Waals surface area (Å²) < 4.78 is 34.4. The molecule has 2 heterocycles. The number of aromatic nitrogens is 2. The van der Waals surface area contributed by atoms with Crippen molar-refractivity contribution in [1.82, 2.24) is 14.9 Å². The van der Waals surface area contributed by atoms with Gasteiger partial charge in [-0.05, 0) is 51.7 Å². The van der Waals surface area contributed by atoms with Crippen LogP contribution in [0.1, 0.15) is 33.6 Å². The molecule has 0 aliphatic carbocycles. The second-order valence-electron chi connectivity index (χ2n) is 8.12. The van der Waals surface area contributed by atoms with E-state index in [0.29, 0.717) is 30.6 Å². The highest BCUT2D eigenvalue weighted by Gasteiger charge is 2.28. The predicted octanol–water partition coefficient (Wildman–Crippen LogP) is 3.57. The summed E-state index contributed by atoms with van der Waals surface area (Å²) in [7, 11) is -3.23.